The molecule has 2 aliphatic heterocycles. The van der Waals surface area contributed by atoms with Gasteiger partial charge in [-0.1, -0.05) is 11.8 Å². The Morgan fingerprint density at radius 2 is 1.27 bits per heavy atom. The first-order chi connectivity index (χ1) is 10.7. The largest absolute Gasteiger partial charge is 0.381 e. The number of hydrogen-bond acceptors (Lipinski definition) is 4. The molecular weight excluding hydrogens is 276 g/mol. The summed E-state index contributed by atoms with van der Waals surface area (Å²) in [4.78, 5) is 4.64. The third kappa shape index (κ3) is 7.11. The van der Waals surface area contributed by atoms with Crippen LogP contribution in [0.15, 0.2) is 0 Å². The number of rotatable bonds is 6. The lowest BCUT2D eigenvalue weighted by Crippen LogP contribution is -2.32. The molecule has 2 rings (SSSR count). The molecule has 0 amide bonds. The highest BCUT2D eigenvalue weighted by molar-refractivity contribution is 5.03. The molecule has 0 bridgehead atoms. The van der Waals surface area contributed by atoms with Crippen molar-refractivity contribution in [2.75, 3.05) is 66.7 Å². The predicted octanol–water partition coefficient (Wildman–Crippen LogP) is 1.71. The van der Waals surface area contributed by atoms with Crippen molar-refractivity contribution in [2.24, 2.45) is 11.8 Å². The molecule has 2 heterocycles. The summed E-state index contributed by atoms with van der Waals surface area (Å²) in [7, 11) is 4.32. The fourth-order valence-corrected chi connectivity index (χ4v) is 3.30. The maximum absolute atomic E-state index is 5.53. The van der Waals surface area contributed by atoms with E-state index in [-0.39, 0.29) is 0 Å². The second-order valence-electron chi connectivity index (χ2n) is 6.91. The average molecular weight is 308 g/mol. The molecular formula is C18H32N2O2. The molecule has 126 valence electrons. The van der Waals surface area contributed by atoms with Crippen molar-refractivity contribution in [1.29, 1.82) is 0 Å². The van der Waals surface area contributed by atoms with Gasteiger partial charge in [0.1, 0.15) is 0 Å². The van der Waals surface area contributed by atoms with Crippen LogP contribution in [0.3, 0.4) is 0 Å². The van der Waals surface area contributed by atoms with Gasteiger partial charge in [-0.2, -0.15) is 0 Å². The molecule has 0 unspecified atom stereocenters. The minimum absolute atomic E-state index is 0.689. The van der Waals surface area contributed by atoms with Crippen LogP contribution in [0.4, 0.5) is 0 Å². The van der Waals surface area contributed by atoms with Crippen LogP contribution in [0.1, 0.15) is 25.7 Å². The summed E-state index contributed by atoms with van der Waals surface area (Å²) in [6.07, 6.45) is 5.01. The van der Waals surface area contributed by atoms with Crippen LogP contribution in [0.25, 0.3) is 0 Å². The Bertz CT molecular complexity index is 320. The molecule has 0 saturated carbocycles. The van der Waals surface area contributed by atoms with Gasteiger partial charge in [-0.15, -0.1) is 0 Å². The first kappa shape index (κ1) is 17.7. The van der Waals surface area contributed by atoms with Crippen LogP contribution in [-0.4, -0.2) is 76.5 Å². The van der Waals surface area contributed by atoms with Gasteiger partial charge in [-0.25, -0.2) is 0 Å². The summed E-state index contributed by atoms with van der Waals surface area (Å²) in [5.74, 6) is 7.99. The molecule has 0 aliphatic carbocycles. The fourth-order valence-electron chi connectivity index (χ4n) is 3.30. The highest BCUT2D eigenvalue weighted by Crippen LogP contribution is 2.14. The van der Waals surface area contributed by atoms with Crippen molar-refractivity contribution in [3.63, 3.8) is 0 Å². The Hall–Kier alpha value is -0.600. The Morgan fingerprint density at radius 3 is 1.64 bits per heavy atom. The molecule has 4 nitrogen and oxygen atoms in total. The third-order valence-electron chi connectivity index (χ3n) is 4.47. The number of ether oxygens (including phenoxy) is 2. The highest BCUT2D eigenvalue weighted by atomic mass is 16.5. The second-order valence-corrected chi connectivity index (χ2v) is 6.91. The van der Waals surface area contributed by atoms with Crippen LogP contribution in [-0.2, 0) is 9.47 Å². The standard InChI is InChI=1S/C18H32N2O2/c1-19(13-17-7-5-11-21-15-17)9-3-4-10-20(2)14-18-8-6-12-22-16-18/h17-18H,5-16H2,1-2H3/t17-,18-/m1/s1. The zero-order valence-electron chi connectivity index (χ0n) is 14.4. The summed E-state index contributed by atoms with van der Waals surface area (Å²) in [6.45, 7) is 7.65. The van der Waals surface area contributed by atoms with Gasteiger partial charge in [-0.05, 0) is 51.6 Å². The van der Waals surface area contributed by atoms with E-state index in [1.165, 1.54) is 25.7 Å². The zero-order chi connectivity index (χ0) is 15.6. The van der Waals surface area contributed by atoms with Gasteiger partial charge in [-0.3, -0.25) is 9.80 Å². The van der Waals surface area contributed by atoms with E-state index >= 15 is 0 Å². The molecule has 0 aromatic rings. The summed E-state index contributed by atoms with van der Waals surface area (Å²) in [5, 5.41) is 0. The van der Waals surface area contributed by atoms with Gasteiger partial charge in [0.2, 0.25) is 0 Å². The van der Waals surface area contributed by atoms with Gasteiger partial charge in [0, 0.05) is 26.3 Å². The Labute approximate surface area is 136 Å². The number of nitrogens with zero attached hydrogens (tertiary/aromatic N) is 2. The van der Waals surface area contributed by atoms with Gasteiger partial charge >= 0.3 is 0 Å². The molecule has 0 N–H and O–H groups in total. The lowest BCUT2D eigenvalue weighted by atomic mass is 10.0. The highest BCUT2D eigenvalue weighted by Gasteiger charge is 2.16. The van der Waals surface area contributed by atoms with Crippen molar-refractivity contribution in [2.45, 2.75) is 25.7 Å². The SMILES string of the molecule is CN(CC#CCN(C)C[C@H]1CCCOC1)C[C@H]1CCCOC1. The molecule has 4 heteroatoms. The molecule has 0 radical (unpaired) electrons. The van der Waals surface area contributed by atoms with Crippen LogP contribution < -0.4 is 0 Å². The van der Waals surface area contributed by atoms with E-state index < -0.39 is 0 Å². The van der Waals surface area contributed by atoms with Crippen LogP contribution >= 0.6 is 0 Å². The van der Waals surface area contributed by atoms with Crippen molar-refractivity contribution < 1.29 is 9.47 Å². The van der Waals surface area contributed by atoms with E-state index in [4.69, 9.17) is 9.47 Å². The van der Waals surface area contributed by atoms with Gasteiger partial charge in [0.05, 0.1) is 26.3 Å². The molecule has 2 aliphatic rings. The summed E-state index contributed by atoms with van der Waals surface area (Å²) >= 11 is 0. The van der Waals surface area contributed by atoms with Crippen LogP contribution in [0.2, 0.25) is 0 Å². The lowest BCUT2D eigenvalue weighted by molar-refractivity contribution is 0.0433. The normalized spacial score (nSPS) is 26.0. The molecule has 0 aromatic carbocycles. The third-order valence-corrected chi connectivity index (χ3v) is 4.47. The van der Waals surface area contributed by atoms with E-state index in [2.05, 4.69) is 35.7 Å². The van der Waals surface area contributed by atoms with Crippen LogP contribution in [0, 0.1) is 23.7 Å². The predicted molar refractivity (Wildman–Crippen MR) is 89.9 cm³/mol. The zero-order valence-corrected chi connectivity index (χ0v) is 14.4. The quantitative estimate of drug-likeness (QED) is 0.698. The smallest absolute Gasteiger partial charge is 0.0599 e. The lowest BCUT2D eigenvalue weighted by Gasteiger charge is -2.26. The molecule has 2 saturated heterocycles. The van der Waals surface area contributed by atoms with E-state index in [0.717, 1.165) is 52.6 Å². The number of hydrogen-bond donors (Lipinski definition) is 0. The first-order valence-electron chi connectivity index (χ1n) is 8.72. The van der Waals surface area contributed by atoms with Crippen molar-refractivity contribution in [1.82, 2.24) is 9.80 Å². The monoisotopic (exact) mass is 308 g/mol. The van der Waals surface area contributed by atoms with Crippen molar-refractivity contribution in [3.8, 4) is 11.8 Å². The first-order valence-corrected chi connectivity index (χ1v) is 8.72. The summed E-state index contributed by atoms with van der Waals surface area (Å²) in [5.41, 5.74) is 0. The maximum Gasteiger partial charge on any atom is 0.0599 e. The van der Waals surface area contributed by atoms with Crippen LogP contribution in [0.5, 0.6) is 0 Å². The fraction of sp³-hybridized carbons (Fsp3) is 0.889. The molecule has 2 fully saturated rings. The van der Waals surface area contributed by atoms with E-state index in [1.54, 1.807) is 0 Å². The maximum atomic E-state index is 5.53. The Kier molecular flexibility index (Phi) is 8.25. The van der Waals surface area contributed by atoms with Gasteiger partial charge in [0.15, 0.2) is 0 Å². The summed E-state index contributed by atoms with van der Waals surface area (Å²) in [6, 6.07) is 0. The average Bonchev–Trinajstić information content (AvgIpc) is 2.53. The van der Waals surface area contributed by atoms with Crippen molar-refractivity contribution in [3.05, 3.63) is 0 Å². The minimum Gasteiger partial charge on any atom is -0.381 e. The van der Waals surface area contributed by atoms with Gasteiger partial charge in [0.25, 0.3) is 0 Å². The minimum atomic E-state index is 0.689. The van der Waals surface area contributed by atoms with Crippen molar-refractivity contribution >= 4 is 0 Å². The van der Waals surface area contributed by atoms with Gasteiger partial charge < -0.3 is 9.47 Å². The second kappa shape index (κ2) is 10.2. The summed E-state index contributed by atoms with van der Waals surface area (Å²) < 4.78 is 11.1. The van der Waals surface area contributed by atoms with E-state index in [0.29, 0.717) is 11.8 Å². The Morgan fingerprint density at radius 1 is 0.818 bits per heavy atom. The van der Waals surface area contributed by atoms with E-state index in [9.17, 15) is 0 Å². The molecule has 0 aromatic heterocycles. The molecule has 0 spiro atoms. The van der Waals surface area contributed by atoms with E-state index in [1.807, 2.05) is 0 Å². The Balaban J connectivity index is 1.56. The molecule has 2 atom stereocenters. The topological polar surface area (TPSA) is 24.9 Å². The molecule has 22 heavy (non-hydrogen) atoms.